The Hall–Kier alpha value is -3.05. The molecule has 2 N–H and O–H groups in total. The molecular weight excluding hydrogens is 491 g/mol. The molecule has 0 saturated heterocycles. The van der Waals surface area contributed by atoms with Gasteiger partial charge in [0.05, 0.1) is 17.7 Å². The number of aromatic nitrogens is 3. The van der Waals surface area contributed by atoms with Crippen LogP contribution in [0.4, 0.5) is 24.5 Å². The number of hydrogen-bond donors (Lipinski definition) is 2. The number of amides is 2. The Kier molecular flexibility index (Phi) is 8.21. The van der Waals surface area contributed by atoms with Gasteiger partial charge >= 0.3 is 6.18 Å². The molecule has 2 amide bonds. The van der Waals surface area contributed by atoms with Gasteiger partial charge < -0.3 is 15.2 Å². The molecule has 1 aromatic heterocycles. The molecule has 2 aromatic carbocycles. The SMILES string of the molecule is CCn1c(CC(=O)Nc2ccc(C)c(Cl)c2)nnc1SCC(=O)Nc1cccc(C(F)(F)F)c1. The number of aryl methyl sites for hydroxylation is 1. The zero-order chi connectivity index (χ0) is 24.9. The number of carbonyl (C=O) groups is 2. The molecule has 0 radical (unpaired) electrons. The molecule has 0 bridgehead atoms. The average molecular weight is 512 g/mol. The first-order valence-electron chi connectivity index (χ1n) is 10.1. The van der Waals surface area contributed by atoms with Gasteiger partial charge in [0, 0.05) is 22.9 Å². The van der Waals surface area contributed by atoms with Crippen LogP contribution in [-0.4, -0.2) is 32.3 Å². The number of benzene rings is 2. The lowest BCUT2D eigenvalue weighted by Crippen LogP contribution is -2.18. The van der Waals surface area contributed by atoms with E-state index in [1.165, 1.54) is 12.1 Å². The van der Waals surface area contributed by atoms with Gasteiger partial charge in [0.2, 0.25) is 11.8 Å². The predicted molar refractivity (Wildman–Crippen MR) is 125 cm³/mol. The summed E-state index contributed by atoms with van der Waals surface area (Å²) in [5.41, 5.74) is 0.652. The van der Waals surface area contributed by atoms with Crippen LogP contribution in [0.5, 0.6) is 0 Å². The Labute approximate surface area is 203 Å². The first kappa shape index (κ1) is 25.6. The summed E-state index contributed by atoms with van der Waals surface area (Å²) in [7, 11) is 0. The van der Waals surface area contributed by atoms with E-state index in [1.54, 1.807) is 22.8 Å². The summed E-state index contributed by atoms with van der Waals surface area (Å²) in [5.74, 6) is -0.479. The zero-order valence-corrected chi connectivity index (χ0v) is 19.8. The van der Waals surface area contributed by atoms with Crippen molar-refractivity contribution in [1.29, 1.82) is 0 Å². The molecule has 0 aliphatic rings. The Morgan fingerprint density at radius 1 is 1.06 bits per heavy atom. The molecule has 0 aliphatic carbocycles. The summed E-state index contributed by atoms with van der Waals surface area (Å²) in [6.45, 7) is 4.16. The second kappa shape index (κ2) is 10.9. The standard InChI is InChI=1S/C22H21ClF3N5O2S/c1-3-31-18(11-19(32)27-16-8-7-13(2)17(23)10-16)29-30-21(31)34-12-20(33)28-15-6-4-5-14(9-15)22(24,25)26/h4-10H,3,11-12H2,1-2H3,(H,27,32)(H,28,33). The fourth-order valence-corrected chi connectivity index (χ4v) is 4.00. The van der Waals surface area contributed by atoms with Crippen LogP contribution in [0.25, 0.3) is 0 Å². The Morgan fingerprint density at radius 3 is 2.44 bits per heavy atom. The topological polar surface area (TPSA) is 88.9 Å². The first-order valence-corrected chi connectivity index (χ1v) is 11.5. The van der Waals surface area contributed by atoms with E-state index in [0.29, 0.717) is 28.2 Å². The van der Waals surface area contributed by atoms with E-state index in [-0.39, 0.29) is 23.8 Å². The fraction of sp³-hybridized carbons (Fsp3) is 0.273. The van der Waals surface area contributed by atoms with Crippen LogP contribution in [0.1, 0.15) is 23.9 Å². The molecule has 12 heteroatoms. The van der Waals surface area contributed by atoms with Gasteiger partial charge in [-0.3, -0.25) is 9.59 Å². The molecule has 0 atom stereocenters. The number of anilines is 2. The van der Waals surface area contributed by atoms with Gasteiger partial charge in [-0.25, -0.2) is 0 Å². The normalized spacial score (nSPS) is 11.4. The Morgan fingerprint density at radius 2 is 1.76 bits per heavy atom. The van der Waals surface area contributed by atoms with Gasteiger partial charge in [-0.15, -0.1) is 10.2 Å². The van der Waals surface area contributed by atoms with E-state index in [1.807, 2.05) is 13.8 Å². The van der Waals surface area contributed by atoms with Crippen molar-refractivity contribution in [1.82, 2.24) is 14.8 Å². The fourth-order valence-electron chi connectivity index (χ4n) is 2.99. The molecule has 1 heterocycles. The monoisotopic (exact) mass is 511 g/mol. The van der Waals surface area contributed by atoms with Crippen molar-refractivity contribution in [3.05, 3.63) is 64.4 Å². The molecule has 0 unspecified atom stereocenters. The van der Waals surface area contributed by atoms with Gasteiger partial charge in [-0.1, -0.05) is 35.5 Å². The quantitative estimate of drug-likeness (QED) is 0.406. The van der Waals surface area contributed by atoms with Crippen LogP contribution in [-0.2, 0) is 28.7 Å². The smallest absolute Gasteiger partial charge is 0.326 e. The highest BCUT2D eigenvalue weighted by Crippen LogP contribution is 2.30. The molecule has 0 spiro atoms. The van der Waals surface area contributed by atoms with Crippen molar-refractivity contribution in [3.8, 4) is 0 Å². The number of halogens is 4. The molecular formula is C22H21ClF3N5O2S. The summed E-state index contributed by atoms with van der Waals surface area (Å²) >= 11 is 7.15. The molecule has 7 nitrogen and oxygen atoms in total. The second-order valence-electron chi connectivity index (χ2n) is 7.25. The van der Waals surface area contributed by atoms with E-state index in [9.17, 15) is 22.8 Å². The van der Waals surface area contributed by atoms with Gasteiger partial charge in [-0.2, -0.15) is 13.2 Å². The van der Waals surface area contributed by atoms with Crippen LogP contribution in [0, 0.1) is 6.92 Å². The van der Waals surface area contributed by atoms with E-state index in [0.717, 1.165) is 29.5 Å². The first-order chi connectivity index (χ1) is 16.1. The molecule has 0 aliphatic heterocycles. The van der Waals surface area contributed by atoms with Gasteiger partial charge in [0.15, 0.2) is 5.16 Å². The third kappa shape index (κ3) is 6.73. The van der Waals surface area contributed by atoms with Crippen molar-refractivity contribution in [2.75, 3.05) is 16.4 Å². The van der Waals surface area contributed by atoms with Crippen molar-refractivity contribution < 1.29 is 22.8 Å². The van der Waals surface area contributed by atoms with Gasteiger partial charge in [-0.05, 0) is 49.7 Å². The summed E-state index contributed by atoms with van der Waals surface area (Å²) in [6, 6.07) is 9.60. The molecule has 0 saturated carbocycles. The number of thioether (sulfide) groups is 1. The average Bonchev–Trinajstić information content (AvgIpc) is 3.15. The zero-order valence-electron chi connectivity index (χ0n) is 18.2. The van der Waals surface area contributed by atoms with E-state index >= 15 is 0 Å². The summed E-state index contributed by atoms with van der Waals surface area (Å²) in [4.78, 5) is 24.7. The maximum absolute atomic E-state index is 12.8. The van der Waals surface area contributed by atoms with Crippen LogP contribution in [0.15, 0.2) is 47.6 Å². The second-order valence-corrected chi connectivity index (χ2v) is 8.60. The third-order valence-electron chi connectivity index (χ3n) is 4.69. The van der Waals surface area contributed by atoms with Gasteiger partial charge in [0.25, 0.3) is 0 Å². The lowest BCUT2D eigenvalue weighted by atomic mass is 10.2. The van der Waals surface area contributed by atoms with Crippen LogP contribution >= 0.6 is 23.4 Å². The van der Waals surface area contributed by atoms with E-state index < -0.39 is 17.6 Å². The highest BCUT2D eigenvalue weighted by atomic mass is 35.5. The minimum Gasteiger partial charge on any atom is -0.326 e. The molecule has 0 fully saturated rings. The van der Waals surface area contributed by atoms with Crippen molar-refractivity contribution in [2.24, 2.45) is 0 Å². The molecule has 34 heavy (non-hydrogen) atoms. The number of hydrogen-bond acceptors (Lipinski definition) is 5. The van der Waals surface area contributed by atoms with Crippen LogP contribution in [0.2, 0.25) is 5.02 Å². The number of rotatable bonds is 8. The highest BCUT2D eigenvalue weighted by Gasteiger charge is 2.30. The maximum atomic E-state index is 12.8. The molecule has 180 valence electrons. The lowest BCUT2D eigenvalue weighted by molar-refractivity contribution is -0.137. The number of nitrogens with one attached hydrogen (secondary N) is 2. The van der Waals surface area contributed by atoms with Crippen molar-refractivity contribution >= 4 is 46.6 Å². The number of carbonyl (C=O) groups excluding carboxylic acids is 2. The summed E-state index contributed by atoms with van der Waals surface area (Å²) < 4.78 is 40.2. The predicted octanol–water partition coefficient (Wildman–Crippen LogP) is 5.19. The summed E-state index contributed by atoms with van der Waals surface area (Å²) in [5, 5.41) is 14.3. The Bertz CT molecular complexity index is 1200. The largest absolute Gasteiger partial charge is 0.416 e. The summed E-state index contributed by atoms with van der Waals surface area (Å²) in [6.07, 6.45) is -4.54. The van der Waals surface area contributed by atoms with Crippen molar-refractivity contribution in [2.45, 2.75) is 38.1 Å². The molecule has 3 aromatic rings. The number of alkyl halides is 3. The third-order valence-corrected chi connectivity index (χ3v) is 6.06. The van der Waals surface area contributed by atoms with Crippen LogP contribution in [0.3, 0.4) is 0 Å². The van der Waals surface area contributed by atoms with Gasteiger partial charge in [0.1, 0.15) is 5.82 Å². The van der Waals surface area contributed by atoms with Crippen LogP contribution < -0.4 is 10.6 Å². The van der Waals surface area contributed by atoms with E-state index in [4.69, 9.17) is 11.6 Å². The molecule has 3 rings (SSSR count). The maximum Gasteiger partial charge on any atom is 0.416 e. The van der Waals surface area contributed by atoms with Crippen molar-refractivity contribution in [3.63, 3.8) is 0 Å². The minimum atomic E-state index is -4.50. The minimum absolute atomic E-state index is 0.0384. The van der Waals surface area contributed by atoms with E-state index in [2.05, 4.69) is 20.8 Å². The Balaban J connectivity index is 1.59. The number of nitrogens with zero attached hydrogens (tertiary/aromatic N) is 3. The highest BCUT2D eigenvalue weighted by molar-refractivity contribution is 7.99. The lowest BCUT2D eigenvalue weighted by Gasteiger charge is -2.10.